The summed E-state index contributed by atoms with van der Waals surface area (Å²) in [4.78, 5) is 37.5. The molecule has 0 fully saturated rings. The minimum Gasteiger partial charge on any atom is -0.462 e. The van der Waals surface area contributed by atoms with Gasteiger partial charge in [0.2, 0.25) is 0 Å². The summed E-state index contributed by atoms with van der Waals surface area (Å²) < 4.78 is 19.3. The van der Waals surface area contributed by atoms with Gasteiger partial charge in [-0.3, -0.25) is 9.59 Å². The van der Waals surface area contributed by atoms with Gasteiger partial charge in [0.25, 0.3) is 11.8 Å². The number of hydrogen-bond acceptors (Lipinski definition) is 4. The first-order chi connectivity index (χ1) is 12.8. The lowest BCUT2D eigenvalue weighted by atomic mass is 10.1. The number of carbonyl (C=O) groups excluding carboxylic acids is 3. The minimum atomic E-state index is -0.862. The van der Waals surface area contributed by atoms with Gasteiger partial charge in [0.1, 0.15) is 10.8 Å². The zero-order valence-corrected chi connectivity index (χ0v) is 15.5. The van der Waals surface area contributed by atoms with E-state index in [0.29, 0.717) is 0 Å². The number of benzene rings is 2. The maximum atomic E-state index is 14.5. The number of rotatable bonds is 4. The van der Waals surface area contributed by atoms with Gasteiger partial charge in [0.05, 0.1) is 28.4 Å². The summed E-state index contributed by atoms with van der Waals surface area (Å²) in [6, 6.07) is 8.32. The fraction of sp³-hybridized carbons (Fsp3) is 0.105. The number of halogens is 3. The molecule has 2 amide bonds. The van der Waals surface area contributed by atoms with E-state index in [2.05, 4.69) is 0 Å². The van der Waals surface area contributed by atoms with Crippen LogP contribution in [-0.4, -0.2) is 24.4 Å². The summed E-state index contributed by atoms with van der Waals surface area (Å²) in [5.74, 6) is -2.94. The Labute approximate surface area is 163 Å². The molecule has 0 bridgehead atoms. The van der Waals surface area contributed by atoms with Crippen molar-refractivity contribution in [3.63, 3.8) is 0 Å². The van der Waals surface area contributed by atoms with Crippen LogP contribution in [0.15, 0.2) is 41.4 Å². The van der Waals surface area contributed by atoms with Gasteiger partial charge in [-0.2, -0.15) is 0 Å². The lowest BCUT2D eigenvalue weighted by Gasteiger charge is -2.16. The molecular weight excluding hydrogens is 396 g/mol. The van der Waals surface area contributed by atoms with Crippen LogP contribution in [0.5, 0.6) is 0 Å². The van der Waals surface area contributed by atoms with Gasteiger partial charge < -0.3 is 4.74 Å². The third kappa shape index (κ3) is 3.46. The minimum absolute atomic E-state index is 0.0460. The molecule has 0 radical (unpaired) electrons. The Kier molecular flexibility index (Phi) is 5.30. The Bertz CT molecular complexity index is 968. The Morgan fingerprint density at radius 3 is 2.33 bits per heavy atom. The van der Waals surface area contributed by atoms with Gasteiger partial charge in [-0.15, -0.1) is 0 Å². The number of esters is 1. The van der Waals surface area contributed by atoms with Crippen LogP contribution in [0.2, 0.25) is 5.02 Å². The van der Waals surface area contributed by atoms with Crippen molar-refractivity contribution < 1.29 is 23.5 Å². The third-order valence-electron chi connectivity index (χ3n) is 3.85. The van der Waals surface area contributed by atoms with E-state index in [1.807, 2.05) is 0 Å². The van der Waals surface area contributed by atoms with Gasteiger partial charge in [-0.1, -0.05) is 35.3 Å². The van der Waals surface area contributed by atoms with Crippen LogP contribution >= 0.6 is 23.2 Å². The average molecular weight is 408 g/mol. The molecule has 0 atom stereocenters. The molecule has 1 aliphatic heterocycles. The molecule has 8 heteroatoms. The molecule has 0 aliphatic carbocycles. The lowest BCUT2D eigenvalue weighted by molar-refractivity contribution is -0.137. The lowest BCUT2D eigenvalue weighted by Crippen LogP contribution is -2.30. The van der Waals surface area contributed by atoms with E-state index >= 15 is 0 Å². The molecule has 27 heavy (non-hydrogen) atoms. The third-order valence-corrected chi connectivity index (χ3v) is 4.44. The van der Waals surface area contributed by atoms with Crippen LogP contribution in [0.1, 0.15) is 33.2 Å². The van der Waals surface area contributed by atoms with Crippen LogP contribution in [0.3, 0.4) is 0 Å². The quantitative estimate of drug-likeness (QED) is 0.427. The second kappa shape index (κ2) is 7.50. The molecule has 138 valence electrons. The van der Waals surface area contributed by atoms with E-state index in [0.717, 1.165) is 11.0 Å². The SMILES string of the molecule is CCOC(=O)/C(Cl)=C/c1cc(N2C(=O)c3ccccc3C2=O)c(F)cc1Cl. The predicted octanol–water partition coefficient (Wildman–Crippen LogP) is 4.42. The monoisotopic (exact) mass is 407 g/mol. The Hall–Kier alpha value is -2.70. The molecule has 0 N–H and O–H groups in total. The van der Waals surface area contributed by atoms with Crippen LogP contribution in [0.4, 0.5) is 10.1 Å². The van der Waals surface area contributed by atoms with Crippen molar-refractivity contribution in [1.82, 2.24) is 0 Å². The molecule has 0 saturated heterocycles. The van der Waals surface area contributed by atoms with Crippen molar-refractivity contribution in [3.8, 4) is 0 Å². The second-order valence-corrected chi connectivity index (χ2v) is 6.34. The van der Waals surface area contributed by atoms with E-state index in [-0.39, 0.29) is 39.0 Å². The summed E-state index contributed by atoms with van der Waals surface area (Å²) in [5, 5.41) is -0.325. The molecule has 0 spiro atoms. The second-order valence-electron chi connectivity index (χ2n) is 5.53. The van der Waals surface area contributed by atoms with Crippen molar-refractivity contribution in [3.05, 3.63) is 69.0 Å². The Morgan fingerprint density at radius 2 is 1.78 bits per heavy atom. The first-order valence-electron chi connectivity index (χ1n) is 7.86. The number of nitrogens with zero attached hydrogens (tertiary/aromatic N) is 1. The standard InChI is InChI=1S/C19H12Cl2FNO4/c1-2-27-19(26)14(21)7-10-8-16(15(22)9-13(10)20)23-17(24)11-5-3-4-6-12(11)18(23)25/h3-9H,2H2,1H3/b14-7-. The molecule has 3 rings (SSSR count). The van der Waals surface area contributed by atoms with Crippen LogP contribution in [0.25, 0.3) is 6.08 Å². The fourth-order valence-electron chi connectivity index (χ4n) is 2.64. The highest BCUT2D eigenvalue weighted by atomic mass is 35.5. The number of imide groups is 1. The molecule has 5 nitrogen and oxygen atoms in total. The topological polar surface area (TPSA) is 63.7 Å². The summed E-state index contributed by atoms with van der Waals surface area (Å²) in [6.45, 7) is 1.74. The fourth-order valence-corrected chi connectivity index (χ4v) is 3.02. The first kappa shape index (κ1) is 19.1. The van der Waals surface area contributed by atoms with E-state index < -0.39 is 23.6 Å². The van der Waals surface area contributed by atoms with Gasteiger partial charge >= 0.3 is 5.97 Å². The number of hydrogen-bond donors (Lipinski definition) is 0. The summed E-state index contributed by atoms with van der Waals surface area (Å²) in [5.41, 5.74) is 0.227. The van der Waals surface area contributed by atoms with Crippen molar-refractivity contribution in [2.45, 2.75) is 6.92 Å². The van der Waals surface area contributed by atoms with Crippen LogP contribution in [0, 0.1) is 5.82 Å². The molecule has 0 aromatic heterocycles. The average Bonchev–Trinajstić information content (AvgIpc) is 2.89. The normalized spacial score (nSPS) is 13.8. The highest BCUT2D eigenvalue weighted by Crippen LogP contribution is 2.34. The molecule has 0 saturated carbocycles. The van der Waals surface area contributed by atoms with Gasteiger partial charge in [0, 0.05) is 0 Å². The van der Waals surface area contributed by atoms with Crippen LogP contribution < -0.4 is 4.90 Å². The van der Waals surface area contributed by atoms with Crippen molar-refractivity contribution in [2.24, 2.45) is 0 Å². The molecule has 1 aliphatic rings. The van der Waals surface area contributed by atoms with E-state index in [1.54, 1.807) is 19.1 Å². The van der Waals surface area contributed by atoms with Crippen molar-refractivity contribution in [2.75, 3.05) is 11.5 Å². The highest BCUT2D eigenvalue weighted by Gasteiger charge is 2.37. The van der Waals surface area contributed by atoms with E-state index in [1.165, 1.54) is 24.3 Å². The van der Waals surface area contributed by atoms with E-state index in [4.69, 9.17) is 27.9 Å². The zero-order valence-electron chi connectivity index (χ0n) is 14.0. The Morgan fingerprint density at radius 1 is 1.19 bits per heavy atom. The summed E-state index contributed by atoms with van der Waals surface area (Å²) in [7, 11) is 0. The Balaban J connectivity index is 2.06. The summed E-state index contributed by atoms with van der Waals surface area (Å²) in [6.07, 6.45) is 1.18. The number of ether oxygens (including phenoxy) is 1. The number of carbonyl (C=O) groups is 3. The molecular formula is C19H12Cl2FNO4. The maximum Gasteiger partial charge on any atom is 0.349 e. The van der Waals surface area contributed by atoms with Gasteiger partial charge in [0.15, 0.2) is 0 Å². The smallest absolute Gasteiger partial charge is 0.349 e. The van der Waals surface area contributed by atoms with Crippen molar-refractivity contribution in [1.29, 1.82) is 0 Å². The van der Waals surface area contributed by atoms with Crippen molar-refractivity contribution >= 4 is 52.7 Å². The first-order valence-corrected chi connectivity index (χ1v) is 8.62. The summed E-state index contributed by atoms with van der Waals surface area (Å²) >= 11 is 11.9. The largest absolute Gasteiger partial charge is 0.462 e. The molecule has 2 aromatic rings. The van der Waals surface area contributed by atoms with Gasteiger partial charge in [-0.05, 0) is 42.8 Å². The molecule has 0 unspecified atom stereocenters. The maximum absolute atomic E-state index is 14.5. The number of amides is 2. The van der Waals surface area contributed by atoms with Crippen LogP contribution in [-0.2, 0) is 9.53 Å². The van der Waals surface area contributed by atoms with E-state index in [9.17, 15) is 18.8 Å². The zero-order chi connectivity index (χ0) is 19.7. The predicted molar refractivity (Wildman–Crippen MR) is 99.5 cm³/mol. The number of fused-ring (bicyclic) bond motifs is 1. The molecule has 2 aromatic carbocycles. The van der Waals surface area contributed by atoms with Gasteiger partial charge in [-0.25, -0.2) is 14.1 Å². The molecule has 1 heterocycles. The number of anilines is 1. The highest BCUT2D eigenvalue weighted by molar-refractivity contribution is 6.43.